The second-order valence-electron chi connectivity index (χ2n) is 5.88. The van der Waals surface area contributed by atoms with Crippen LogP contribution in [0.2, 0.25) is 0 Å². The molecule has 0 aromatic heterocycles. The van der Waals surface area contributed by atoms with Crippen LogP contribution in [0.3, 0.4) is 0 Å². The molecule has 114 valence electrons. The Balaban J connectivity index is 1.63. The lowest BCUT2D eigenvalue weighted by Gasteiger charge is -2.26. The van der Waals surface area contributed by atoms with Crippen LogP contribution in [-0.2, 0) is 9.53 Å². The van der Waals surface area contributed by atoms with Crippen LogP contribution in [0.15, 0.2) is 0 Å². The molecular weight excluding hydrogens is 260 g/mol. The summed E-state index contributed by atoms with van der Waals surface area (Å²) in [7, 11) is 0. The molecule has 2 rings (SSSR count). The Morgan fingerprint density at radius 3 is 2.45 bits per heavy atom. The number of hydrogen-bond acceptors (Lipinski definition) is 3. The number of amides is 2. The normalized spacial score (nSPS) is 33.6. The number of carbonyl (C=O) groups is 2. The minimum Gasteiger partial charge on any atom is -0.481 e. The van der Waals surface area contributed by atoms with Crippen LogP contribution in [0.5, 0.6) is 0 Å². The number of nitrogens with one attached hydrogen (secondary N) is 2. The number of aliphatic carboxylic acids is 1. The van der Waals surface area contributed by atoms with Crippen LogP contribution in [0.25, 0.3) is 0 Å². The predicted octanol–water partition coefficient (Wildman–Crippen LogP) is 1.35. The Morgan fingerprint density at radius 2 is 1.90 bits per heavy atom. The zero-order chi connectivity index (χ0) is 14.5. The lowest BCUT2D eigenvalue weighted by Crippen LogP contribution is -2.46. The van der Waals surface area contributed by atoms with Gasteiger partial charge in [-0.05, 0) is 44.9 Å². The Kier molecular flexibility index (Phi) is 5.23. The fourth-order valence-electron chi connectivity index (χ4n) is 2.99. The van der Waals surface area contributed by atoms with Crippen LogP contribution in [0.4, 0.5) is 4.79 Å². The summed E-state index contributed by atoms with van der Waals surface area (Å²) in [5, 5.41) is 14.8. The second kappa shape index (κ2) is 6.92. The molecule has 0 bridgehead atoms. The largest absolute Gasteiger partial charge is 0.481 e. The van der Waals surface area contributed by atoms with E-state index < -0.39 is 5.97 Å². The van der Waals surface area contributed by atoms with E-state index in [1.165, 1.54) is 0 Å². The van der Waals surface area contributed by atoms with Crippen molar-refractivity contribution in [1.82, 2.24) is 10.6 Å². The van der Waals surface area contributed by atoms with E-state index >= 15 is 0 Å². The summed E-state index contributed by atoms with van der Waals surface area (Å²) in [6.07, 6.45) is 4.12. The Hall–Kier alpha value is -1.30. The van der Waals surface area contributed by atoms with Gasteiger partial charge in [-0.1, -0.05) is 0 Å². The van der Waals surface area contributed by atoms with Crippen molar-refractivity contribution in [1.29, 1.82) is 0 Å². The number of rotatable bonds is 4. The minimum absolute atomic E-state index is 0.0757. The van der Waals surface area contributed by atoms with Gasteiger partial charge >= 0.3 is 12.0 Å². The number of urea groups is 1. The fraction of sp³-hybridized carbons (Fsp3) is 0.857. The third-order valence-electron chi connectivity index (χ3n) is 4.44. The highest BCUT2D eigenvalue weighted by molar-refractivity contribution is 5.74. The van der Waals surface area contributed by atoms with Crippen LogP contribution in [0.1, 0.15) is 39.0 Å². The lowest BCUT2D eigenvalue weighted by molar-refractivity contribution is -0.143. The molecule has 3 N–H and O–H groups in total. The molecule has 0 radical (unpaired) electrons. The fourth-order valence-corrected chi connectivity index (χ4v) is 2.99. The number of hydrogen-bond donors (Lipinski definition) is 3. The van der Waals surface area contributed by atoms with Gasteiger partial charge in [-0.25, -0.2) is 4.79 Å². The van der Waals surface area contributed by atoms with Crippen molar-refractivity contribution in [3.63, 3.8) is 0 Å². The zero-order valence-electron chi connectivity index (χ0n) is 11.9. The Morgan fingerprint density at radius 1 is 1.20 bits per heavy atom. The Labute approximate surface area is 119 Å². The van der Waals surface area contributed by atoms with Crippen LogP contribution >= 0.6 is 0 Å². The summed E-state index contributed by atoms with van der Waals surface area (Å²) in [6.45, 7) is 3.29. The van der Waals surface area contributed by atoms with E-state index in [2.05, 4.69) is 10.6 Å². The van der Waals surface area contributed by atoms with Crippen molar-refractivity contribution >= 4 is 12.0 Å². The molecular formula is C14H24N2O4. The molecule has 1 aliphatic heterocycles. The standard InChI is InChI=1S/C14H24N2O4/c1-9-12(6-7-20-9)16-14(19)15-8-10-2-4-11(5-3-10)13(17)18/h9-12H,2-8H2,1H3,(H,17,18)(H2,15,16,19). The van der Waals surface area contributed by atoms with Gasteiger partial charge < -0.3 is 20.5 Å². The molecule has 1 heterocycles. The molecule has 0 aromatic carbocycles. The first-order valence-electron chi connectivity index (χ1n) is 7.45. The first-order valence-corrected chi connectivity index (χ1v) is 7.45. The number of ether oxygens (including phenoxy) is 1. The third kappa shape index (κ3) is 4.10. The average Bonchev–Trinajstić information content (AvgIpc) is 2.82. The molecule has 1 aliphatic carbocycles. The molecule has 2 amide bonds. The van der Waals surface area contributed by atoms with Gasteiger partial charge in [0.05, 0.1) is 18.1 Å². The molecule has 6 nitrogen and oxygen atoms in total. The highest BCUT2D eigenvalue weighted by Gasteiger charge is 2.27. The molecule has 2 aliphatic rings. The molecule has 20 heavy (non-hydrogen) atoms. The van der Waals surface area contributed by atoms with Gasteiger partial charge in [-0.2, -0.15) is 0 Å². The minimum atomic E-state index is -0.690. The molecule has 0 aromatic rings. The van der Waals surface area contributed by atoms with Crippen molar-refractivity contribution in [2.24, 2.45) is 11.8 Å². The number of carbonyl (C=O) groups excluding carboxylic acids is 1. The van der Waals surface area contributed by atoms with Crippen LogP contribution in [0, 0.1) is 11.8 Å². The molecule has 1 saturated carbocycles. The molecule has 1 saturated heterocycles. The van der Waals surface area contributed by atoms with Crippen LogP contribution < -0.4 is 10.6 Å². The summed E-state index contributed by atoms with van der Waals surface area (Å²) in [4.78, 5) is 22.6. The van der Waals surface area contributed by atoms with E-state index in [9.17, 15) is 9.59 Å². The lowest BCUT2D eigenvalue weighted by atomic mass is 9.82. The molecule has 0 spiro atoms. The van der Waals surface area contributed by atoms with E-state index in [1.54, 1.807) is 0 Å². The number of carboxylic acid groups (broad SMARTS) is 1. The van der Waals surface area contributed by atoms with Crippen molar-refractivity contribution in [2.45, 2.75) is 51.2 Å². The zero-order valence-corrected chi connectivity index (χ0v) is 11.9. The summed E-state index contributed by atoms with van der Waals surface area (Å²) >= 11 is 0. The molecule has 6 heteroatoms. The second-order valence-corrected chi connectivity index (χ2v) is 5.88. The monoisotopic (exact) mass is 284 g/mol. The van der Waals surface area contributed by atoms with E-state index in [1.807, 2.05) is 6.92 Å². The first-order chi connectivity index (χ1) is 9.56. The first kappa shape index (κ1) is 15.1. The van der Waals surface area contributed by atoms with Crippen LogP contribution in [-0.4, -0.2) is 42.4 Å². The summed E-state index contributed by atoms with van der Waals surface area (Å²) < 4.78 is 5.40. The van der Waals surface area contributed by atoms with Gasteiger partial charge in [0.25, 0.3) is 0 Å². The van der Waals surface area contributed by atoms with Gasteiger partial charge in [0, 0.05) is 13.2 Å². The molecule has 2 atom stereocenters. The number of carboxylic acids is 1. The van der Waals surface area contributed by atoms with Gasteiger partial charge in [0.15, 0.2) is 0 Å². The van der Waals surface area contributed by atoms with Gasteiger partial charge in [-0.3, -0.25) is 4.79 Å². The van der Waals surface area contributed by atoms with Crippen molar-refractivity contribution in [3.8, 4) is 0 Å². The maximum absolute atomic E-state index is 11.8. The van der Waals surface area contributed by atoms with Crippen molar-refractivity contribution in [3.05, 3.63) is 0 Å². The summed E-state index contributed by atoms with van der Waals surface area (Å²) in [5.41, 5.74) is 0. The smallest absolute Gasteiger partial charge is 0.315 e. The predicted molar refractivity (Wildman–Crippen MR) is 73.4 cm³/mol. The average molecular weight is 284 g/mol. The van der Waals surface area contributed by atoms with Crippen molar-refractivity contribution in [2.75, 3.05) is 13.2 Å². The highest BCUT2D eigenvalue weighted by Crippen LogP contribution is 2.28. The Bertz CT molecular complexity index is 353. The third-order valence-corrected chi connectivity index (χ3v) is 4.44. The van der Waals surface area contributed by atoms with Gasteiger partial charge in [0.1, 0.15) is 0 Å². The topological polar surface area (TPSA) is 87.7 Å². The van der Waals surface area contributed by atoms with E-state index in [-0.39, 0.29) is 24.1 Å². The summed E-state index contributed by atoms with van der Waals surface area (Å²) in [5.74, 6) is -0.491. The SMILES string of the molecule is CC1OCCC1NC(=O)NCC1CCC(C(=O)O)CC1. The van der Waals surface area contributed by atoms with E-state index in [0.717, 1.165) is 32.1 Å². The summed E-state index contributed by atoms with van der Waals surface area (Å²) in [6, 6.07) is -0.0505. The highest BCUT2D eigenvalue weighted by atomic mass is 16.5. The maximum atomic E-state index is 11.8. The quantitative estimate of drug-likeness (QED) is 0.727. The molecule has 2 fully saturated rings. The maximum Gasteiger partial charge on any atom is 0.315 e. The van der Waals surface area contributed by atoms with Gasteiger partial charge in [-0.15, -0.1) is 0 Å². The van der Waals surface area contributed by atoms with E-state index in [0.29, 0.717) is 19.1 Å². The van der Waals surface area contributed by atoms with Crippen molar-refractivity contribution < 1.29 is 19.4 Å². The van der Waals surface area contributed by atoms with Gasteiger partial charge in [0.2, 0.25) is 0 Å². The van der Waals surface area contributed by atoms with E-state index in [4.69, 9.17) is 9.84 Å². The molecule has 2 unspecified atom stereocenters.